The molecule has 1 fully saturated rings. The van der Waals surface area contributed by atoms with E-state index in [4.69, 9.17) is 21.1 Å². The SMILES string of the molecule is CCOC(=O)c1c[nH+]c2cc(Cl)c(F)cc2c1N1C[C@@H](C)O[C@H](C)C1. The number of benzene rings is 1. The first-order valence-electron chi connectivity index (χ1n) is 8.31. The minimum absolute atomic E-state index is 0.00446. The van der Waals surface area contributed by atoms with E-state index in [2.05, 4.69) is 9.88 Å². The van der Waals surface area contributed by atoms with Crippen LogP contribution in [-0.4, -0.2) is 37.9 Å². The van der Waals surface area contributed by atoms with E-state index in [1.165, 1.54) is 12.1 Å². The Kier molecular flexibility index (Phi) is 5.11. The Morgan fingerprint density at radius 3 is 2.72 bits per heavy atom. The zero-order valence-corrected chi connectivity index (χ0v) is 15.2. The van der Waals surface area contributed by atoms with Gasteiger partial charge in [0.25, 0.3) is 0 Å². The number of morpholine rings is 1. The van der Waals surface area contributed by atoms with Crippen molar-refractivity contribution in [2.45, 2.75) is 33.0 Å². The van der Waals surface area contributed by atoms with E-state index in [0.717, 1.165) is 0 Å². The van der Waals surface area contributed by atoms with Crippen LogP contribution in [0.15, 0.2) is 18.3 Å². The average Bonchev–Trinajstić information content (AvgIpc) is 2.54. The molecule has 1 aromatic heterocycles. The number of esters is 1. The van der Waals surface area contributed by atoms with Crippen LogP contribution in [0.25, 0.3) is 10.9 Å². The van der Waals surface area contributed by atoms with Gasteiger partial charge in [0.1, 0.15) is 11.4 Å². The molecule has 3 rings (SSSR count). The van der Waals surface area contributed by atoms with E-state index >= 15 is 0 Å². The fourth-order valence-corrected chi connectivity index (χ4v) is 3.45. The lowest BCUT2D eigenvalue weighted by molar-refractivity contribution is -0.344. The molecule has 2 atom stereocenters. The highest BCUT2D eigenvalue weighted by Crippen LogP contribution is 2.33. The number of nitrogens with one attached hydrogen (secondary N) is 1. The van der Waals surface area contributed by atoms with Crippen molar-refractivity contribution in [1.82, 2.24) is 0 Å². The van der Waals surface area contributed by atoms with Crippen molar-refractivity contribution in [3.05, 3.63) is 34.7 Å². The van der Waals surface area contributed by atoms with E-state index in [1.54, 1.807) is 13.1 Å². The Morgan fingerprint density at radius 1 is 1.40 bits per heavy atom. The number of anilines is 1. The van der Waals surface area contributed by atoms with E-state index < -0.39 is 11.8 Å². The molecule has 1 aliphatic rings. The van der Waals surface area contributed by atoms with Crippen LogP contribution in [0.3, 0.4) is 0 Å². The lowest BCUT2D eigenvalue weighted by Crippen LogP contribution is -2.46. The van der Waals surface area contributed by atoms with E-state index in [1.807, 2.05) is 13.8 Å². The number of aromatic amines is 1. The molecule has 0 radical (unpaired) electrons. The molecule has 0 spiro atoms. The molecule has 134 valence electrons. The molecule has 7 heteroatoms. The molecule has 0 bridgehead atoms. The van der Waals surface area contributed by atoms with Gasteiger partial charge in [-0.15, -0.1) is 0 Å². The van der Waals surface area contributed by atoms with Gasteiger partial charge in [-0.25, -0.2) is 14.2 Å². The first-order chi connectivity index (χ1) is 11.9. The monoisotopic (exact) mass is 367 g/mol. The van der Waals surface area contributed by atoms with Crippen molar-refractivity contribution < 1.29 is 23.6 Å². The van der Waals surface area contributed by atoms with Gasteiger partial charge in [-0.05, 0) is 26.8 Å². The van der Waals surface area contributed by atoms with Gasteiger partial charge in [-0.2, -0.15) is 0 Å². The Hall–Kier alpha value is -1.92. The molecule has 0 amide bonds. The standard InChI is InChI=1S/C18H20ClFN2O3/c1-4-24-18(23)13-7-21-16-6-14(19)15(20)5-12(16)17(13)22-8-10(2)25-11(3)9-22/h5-7,10-11H,4,8-9H2,1-3H3/p+1/t10-,11-/m1/s1. The number of nitrogens with zero attached hydrogens (tertiary/aromatic N) is 1. The molecule has 1 aliphatic heterocycles. The van der Waals surface area contributed by atoms with Crippen LogP contribution in [0.5, 0.6) is 0 Å². The zero-order valence-electron chi connectivity index (χ0n) is 14.4. The number of rotatable bonds is 3. The minimum atomic E-state index is -0.529. The number of H-pyrrole nitrogens is 1. The second-order valence-electron chi connectivity index (χ2n) is 6.25. The van der Waals surface area contributed by atoms with Gasteiger partial charge in [-0.1, -0.05) is 11.6 Å². The topological polar surface area (TPSA) is 52.9 Å². The molecule has 25 heavy (non-hydrogen) atoms. The van der Waals surface area contributed by atoms with Crippen LogP contribution in [0, 0.1) is 5.82 Å². The van der Waals surface area contributed by atoms with Crippen LogP contribution < -0.4 is 9.88 Å². The minimum Gasteiger partial charge on any atom is -0.462 e. The van der Waals surface area contributed by atoms with Crippen LogP contribution in [0.2, 0.25) is 5.02 Å². The van der Waals surface area contributed by atoms with Gasteiger partial charge in [0.2, 0.25) is 5.52 Å². The molecule has 1 saturated heterocycles. The number of hydrogen-bond acceptors (Lipinski definition) is 4. The smallest absolute Gasteiger partial charge is 0.346 e. The van der Waals surface area contributed by atoms with Crippen molar-refractivity contribution >= 4 is 34.2 Å². The number of aromatic nitrogens is 1. The molecule has 0 saturated carbocycles. The number of ether oxygens (including phenoxy) is 2. The number of carbonyl (C=O) groups excluding carboxylic acids is 1. The first-order valence-corrected chi connectivity index (χ1v) is 8.69. The zero-order chi connectivity index (χ0) is 18.1. The largest absolute Gasteiger partial charge is 0.462 e. The number of halogens is 2. The third-order valence-corrected chi connectivity index (χ3v) is 4.46. The lowest BCUT2D eigenvalue weighted by atomic mass is 10.1. The number of hydrogen-bond donors (Lipinski definition) is 0. The summed E-state index contributed by atoms with van der Waals surface area (Å²) in [4.78, 5) is 17.5. The van der Waals surface area contributed by atoms with Gasteiger partial charge >= 0.3 is 5.97 Å². The van der Waals surface area contributed by atoms with Gasteiger partial charge in [0.15, 0.2) is 6.20 Å². The summed E-state index contributed by atoms with van der Waals surface area (Å²) in [6.07, 6.45) is 1.58. The van der Waals surface area contributed by atoms with E-state index in [9.17, 15) is 9.18 Å². The maximum Gasteiger partial charge on any atom is 0.346 e. The molecule has 2 aromatic rings. The number of fused-ring (bicyclic) bond motifs is 1. The van der Waals surface area contributed by atoms with E-state index in [-0.39, 0.29) is 23.8 Å². The lowest BCUT2D eigenvalue weighted by Gasteiger charge is -2.37. The van der Waals surface area contributed by atoms with Gasteiger partial charge in [0, 0.05) is 19.2 Å². The summed E-state index contributed by atoms with van der Waals surface area (Å²) < 4.78 is 25.1. The van der Waals surface area contributed by atoms with Crippen LogP contribution in [0.4, 0.5) is 10.1 Å². The molecule has 0 unspecified atom stereocenters. The summed E-state index contributed by atoms with van der Waals surface area (Å²) in [5.74, 6) is -0.975. The summed E-state index contributed by atoms with van der Waals surface area (Å²) in [6, 6.07) is 2.88. The van der Waals surface area contributed by atoms with Gasteiger partial charge in [-0.3, -0.25) is 0 Å². The highest BCUT2D eigenvalue weighted by molar-refractivity contribution is 6.31. The summed E-state index contributed by atoms with van der Waals surface area (Å²) >= 11 is 5.90. The quantitative estimate of drug-likeness (QED) is 0.781. The Balaban J connectivity index is 2.21. The molecule has 0 aliphatic carbocycles. The number of carbonyl (C=O) groups is 1. The number of pyridine rings is 1. The highest BCUT2D eigenvalue weighted by Gasteiger charge is 2.30. The van der Waals surface area contributed by atoms with Crippen molar-refractivity contribution in [3.63, 3.8) is 0 Å². The molecular weight excluding hydrogens is 347 g/mol. The molecular formula is C18H21ClFN2O3+. The average molecular weight is 368 g/mol. The summed E-state index contributed by atoms with van der Waals surface area (Å²) in [5, 5.41) is 0.621. The van der Waals surface area contributed by atoms with Crippen molar-refractivity contribution in [1.29, 1.82) is 0 Å². The Bertz CT molecular complexity index is 804. The fourth-order valence-electron chi connectivity index (χ4n) is 3.29. The summed E-state index contributed by atoms with van der Waals surface area (Å²) in [5.41, 5.74) is 1.67. The summed E-state index contributed by atoms with van der Waals surface area (Å²) in [7, 11) is 0. The van der Waals surface area contributed by atoms with E-state index in [0.29, 0.717) is 35.2 Å². The molecule has 1 N–H and O–H groups in total. The van der Waals surface area contributed by atoms with Crippen molar-refractivity contribution in [2.24, 2.45) is 0 Å². The van der Waals surface area contributed by atoms with Crippen LogP contribution >= 0.6 is 11.6 Å². The second-order valence-corrected chi connectivity index (χ2v) is 6.65. The third-order valence-electron chi connectivity index (χ3n) is 4.17. The van der Waals surface area contributed by atoms with Crippen molar-refractivity contribution in [2.75, 3.05) is 24.6 Å². The Morgan fingerprint density at radius 2 is 2.08 bits per heavy atom. The maximum atomic E-state index is 14.1. The molecule has 2 heterocycles. The first kappa shape index (κ1) is 17.9. The van der Waals surface area contributed by atoms with Gasteiger partial charge in [0.05, 0.1) is 34.9 Å². The van der Waals surface area contributed by atoms with Gasteiger partial charge < -0.3 is 14.4 Å². The van der Waals surface area contributed by atoms with Crippen LogP contribution in [-0.2, 0) is 9.47 Å². The van der Waals surface area contributed by atoms with Crippen molar-refractivity contribution in [3.8, 4) is 0 Å². The third kappa shape index (κ3) is 3.55. The second kappa shape index (κ2) is 7.14. The predicted molar refractivity (Wildman–Crippen MR) is 93.7 cm³/mol. The Labute approximate surface area is 150 Å². The maximum absolute atomic E-state index is 14.1. The highest BCUT2D eigenvalue weighted by atomic mass is 35.5. The summed E-state index contributed by atoms with van der Waals surface area (Å²) in [6.45, 7) is 7.16. The van der Waals surface area contributed by atoms with Crippen LogP contribution in [0.1, 0.15) is 31.1 Å². The predicted octanol–water partition coefficient (Wildman–Crippen LogP) is 3.24. The normalized spacial score (nSPS) is 20.8. The molecule has 1 aromatic carbocycles. The molecule has 5 nitrogen and oxygen atoms in total. The fraction of sp³-hybridized carbons (Fsp3) is 0.444.